The van der Waals surface area contributed by atoms with Gasteiger partial charge >= 0.3 is 12.0 Å². The summed E-state index contributed by atoms with van der Waals surface area (Å²) in [6.45, 7) is 3.52. The molecule has 0 aliphatic carbocycles. The third-order valence-electron chi connectivity index (χ3n) is 3.02. The van der Waals surface area contributed by atoms with E-state index in [-0.39, 0.29) is 23.7 Å². The van der Waals surface area contributed by atoms with Crippen LogP contribution in [0, 0.1) is 18.3 Å². The molecule has 0 aliphatic heterocycles. The number of rotatable bonds is 4. The number of hydrogen-bond donors (Lipinski definition) is 2. The number of hydrogen-bond acceptors (Lipinski definition) is 3. The third-order valence-corrected chi connectivity index (χ3v) is 3.02. The molecular formula is C14H17N3O3. The van der Waals surface area contributed by atoms with Crippen molar-refractivity contribution in [3.05, 3.63) is 29.3 Å². The minimum atomic E-state index is -1.10. The molecule has 0 heterocycles. The van der Waals surface area contributed by atoms with Crippen LogP contribution in [0.4, 0.5) is 10.5 Å². The molecule has 0 radical (unpaired) electrons. The Morgan fingerprint density at radius 2 is 2.15 bits per heavy atom. The number of aromatic carboxylic acids is 1. The molecule has 1 unspecified atom stereocenters. The SMILES string of the molecule is Cc1ccc(NC(=O)N(C)C(C)CC#N)c(C(=O)O)c1. The molecule has 0 aliphatic rings. The zero-order valence-corrected chi connectivity index (χ0v) is 11.7. The molecule has 0 saturated heterocycles. The molecule has 1 aromatic rings. The molecule has 2 amide bonds. The van der Waals surface area contributed by atoms with Crippen LogP contribution in [0.5, 0.6) is 0 Å². The number of benzene rings is 1. The first-order valence-electron chi connectivity index (χ1n) is 6.11. The predicted octanol–water partition coefficient (Wildman–Crippen LogP) is 2.46. The Kier molecular flexibility index (Phi) is 5.09. The van der Waals surface area contributed by atoms with E-state index >= 15 is 0 Å². The van der Waals surface area contributed by atoms with E-state index in [0.29, 0.717) is 0 Å². The Morgan fingerprint density at radius 1 is 1.50 bits per heavy atom. The topological polar surface area (TPSA) is 93.4 Å². The maximum atomic E-state index is 12.0. The van der Waals surface area contributed by atoms with Crippen molar-refractivity contribution in [2.24, 2.45) is 0 Å². The van der Waals surface area contributed by atoms with Gasteiger partial charge in [-0.05, 0) is 26.0 Å². The summed E-state index contributed by atoms with van der Waals surface area (Å²) in [7, 11) is 1.56. The van der Waals surface area contributed by atoms with Gasteiger partial charge in [0.1, 0.15) is 0 Å². The van der Waals surface area contributed by atoms with E-state index in [1.54, 1.807) is 33.0 Å². The summed E-state index contributed by atoms with van der Waals surface area (Å²) in [6.07, 6.45) is 0.212. The number of nitriles is 1. The van der Waals surface area contributed by atoms with E-state index in [9.17, 15) is 9.59 Å². The Balaban J connectivity index is 2.91. The van der Waals surface area contributed by atoms with Crippen LogP contribution in [0.2, 0.25) is 0 Å². The van der Waals surface area contributed by atoms with Gasteiger partial charge in [0.15, 0.2) is 0 Å². The zero-order chi connectivity index (χ0) is 15.3. The van der Waals surface area contributed by atoms with Crippen molar-refractivity contribution < 1.29 is 14.7 Å². The Hall–Kier alpha value is -2.55. The van der Waals surface area contributed by atoms with Gasteiger partial charge in [0.05, 0.1) is 23.7 Å². The monoisotopic (exact) mass is 275 g/mol. The zero-order valence-electron chi connectivity index (χ0n) is 11.7. The number of aryl methyl sites for hydroxylation is 1. The maximum Gasteiger partial charge on any atom is 0.337 e. The van der Waals surface area contributed by atoms with E-state index in [0.717, 1.165) is 5.56 Å². The third kappa shape index (κ3) is 3.72. The van der Waals surface area contributed by atoms with Crippen LogP contribution in [0.1, 0.15) is 29.3 Å². The Labute approximate surface area is 117 Å². The van der Waals surface area contributed by atoms with Crippen molar-refractivity contribution in [1.29, 1.82) is 5.26 Å². The number of carbonyl (C=O) groups is 2. The van der Waals surface area contributed by atoms with Crippen LogP contribution in [0.3, 0.4) is 0 Å². The second kappa shape index (κ2) is 6.57. The average molecular weight is 275 g/mol. The molecule has 1 atom stereocenters. The number of nitrogens with zero attached hydrogens (tertiary/aromatic N) is 2. The number of amides is 2. The second-order valence-corrected chi connectivity index (χ2v) is 4.61. The highest BCUT2D eigenvalue weighted by molar-refractivity contribution is 6.00. The normalized spacial score (nSPS) is 11.3. The van der Waals surface area contributed by atoms with Crippen molar-refractivity contribution in [1.82, 2.24) is 4.90 Å². The second-order valence-electron chi connectivity index (χ2n) is 4.61. The summed E-state index contributed by atoms with van der Waals surface area (Å²) >= 11 is 0. The lowest BCUT2D eigenvalue weighted by Gasteiger charge is -2.23. The van der Waals surface area contributed by atoms with Crippen molar-refractivity contribution in [2.45, 2.75) is 26.3 Å². The molecule has 0 fully saturated rings. The van der Waals surface area contributed by atoms with E-state index in [2.05, 4.69) is 5.32 Å². The average Bonchev–Trinajstić information content (AvgIpc) is 2.39. The number of nitrogens with one attached hydrogen (secondary N) is 1. The molecule has 106 valence electrons. The van der Waals surface area contributed by atoms with Crippen LogP contribution in [-0.2, 0) is 0 Å². The lowest BCUT2D eigenvalue weighted by atomic mass is 10.1. The fourth-order valence-corrected chi connectivity index (χ4v) is 1.62. The fraction of sp³-hybridized carbons (Fsp3) is 0.357. The van der Waals surface area contributed by atoms with Gasteiger partial charge in [0, 0.05) is 13.1 Å². The molecule has 0 spiro atoms. The van der Waals surface area contributed by atoms with E-state index in [1.807, 2.05) is 6.07 Å². The van der Waals surface area contributed by atoms with Crippen molar-refractivity contribution in [3.63, 3.8) is 0 Å². The molecule has 1 aromatic carbocycles. The van der Waals surface area contributed by atoms with Gasteiger partial charge in [0.2, 0.25) is 0 Å². The minimum Gasteiger partial charge on any atom is -0.478 e. The van der Waals surface area contributed by atoms with Gasteiger partial charge in [-0.15, -0.1) is 0 Å². The Bertz CT molecular complexity index is 563. The highest BCUT2D eigenvalue weighted by Gasteiger charge is 2.18. The van der Waals surface area contributed by atoms with Crippen LogP contribution in [0.15, 0.2) is 18.2 Å². The largest absolute Gasteiger partial charge is 0.478 e. The predicted molar refractivity (Wildman–Crippen MR) is 74.6 cm³/mol. The van der Waals surface area contributed by atoms with Gasteiger partial charge in [-0.3, -0.25) is 0 Å². The first-order chi connectivity index (χ1) is 9.36. The van der Waals surface area contributed by atoms with Gasteiger partial charge in [-0.2, -0.15) is 5.26 Å². The summed E-state index contributed by atoms with van der Waals surface area (Å²) in [5.41, 5.74) is 1.08. The van der Waals surface area contributed by atoms with E-state index < -0.39 is 12.0 Å². The number of anilines is 1. The molecular weight excluding hydrogens is 258 g/mol. The molecule has 6 heteroatoms. The lowest BCUT2D eigenvalue weighted by Crippen LogP contribution is -2.38. The molecule has 6 nitrogen and oxygen atoms in total. The van der Waals surface area contributed by atoms with Crippen LogP contribution >= 0.6 is 0 Å². The van der Waals surface area contributed by atoms with Crippen LogP contribution < -0.4 is 5.32 Å². The Morgan fingerprint density at radius 3 is 2.70 bits per heavy atom. The van der Waals surface area contributed by atoms with E-state index in [4.69, 9.17) is 10.4 Å². The highest BCUT2D eigenvalue weighted by atomic mass is 16.4. The van der Waals surface area contributed by atoms with Crippen LogP contribution in [0.25, 0.3) is 0 Å². The first kappa shape index (κ1) is 15.5. The molecule has 0 saturated carbocycles. The molecule has 1 rings (SSSR count). The minimum absolute atomic E-state index is 0.0414. The molecule has 0 bridgehead atoms. The summed E-state index contributed by atoms with van der Waals surface area (Å²) < 4.78 is 0. The summed E-state index contributed by atoms with van der Waals surface area (Å²) in [5, 5.41) is 20.3. The summed E-state index contributed by atoms with van der Waals surface area (Å²) in [6, 6.07) is 6.07. The van der Waals surface area contributed by atoms with Crippen LogP contribution in [-0.4, -0.2) is 35.1 Å². The van der Waals surface area contributed by atoms with E-state index in [1.165, 1.54) is 11.0 Å². The lowest BCUT2D eigenvalue weighted by molar-refractivity contribution is 0.0698. The fourth-order valence-electron chi connectivity index (χ4n) is 1.62. The molecule has 20 heavy (non-hydrogen) atoms. The highest BCUT2D eigenvalue weighted by Crippen LogP contribution is 2.18. The standard InChI is InChI=1S/C14H17N3O3/c1-9-4-5-12(11(8-9)13(18)19)16-14(20)17(3)10(2)6-7-15/h4-5,8,10H,6H2,1-3H3,(H,16,20)(H,18,19). The molecule has 2 N–H and O–H groups in total. The van der Waals surface area contributed by atoms with Crippen molar-refractivity contribution >= 4 is 17.7 Å². The maximum absolute atomic E-state index is 12.0. The van der Waals surface area contributed by atoms with Gasteiger partial charge in [-0.25, -0.2) is 9.59 Å². The smallest absolute Gasteiger partial charge is 0.337 e. The van der Waals surface area contributed by atoms with Gasteiger partial charge in [0.25, 0.3) is 0 Å². The van der Waals surface area contributed by atoms with Gasteiger partial charge in [-0.1, -0.05) is 11.6 Å². The van der Waals surface area contributed by atoms with Crippen molar-refractivity contribution in [3.8, 4) is 6.07 Å². The molecule has 0 aromatic heterocycles. The quantitative estimate of drug-likeness (QED) is 0.882. The number of carboxylic acids is 1. The first-order valence-corrected chi connectivity index (χ1v) is 6.11. The number of urea groups is 1. The van der Waals surface area contributed by atoms with Gasteiger partial charge < -0.3 is 15.3 Å². The van der Waals surface area contributed by atoms with Crippen molar-refractivity contribution in [2.75, 3.05) is 12.4 Å². The number of carboxylic acid groups (broad SMARTS) is 1. The summed E-state index contributed by atoms with van der Waals surface area (Å²) in [4.78, 5) is 24.5. The summed E-state index contributed by atoms with van der Waals surface area (Å²) in [5.74, 6) is -1.10. The number of carbonyl (C=O) groups excluding carboxylic acids is 1.